The van der Waals surface area contributed by atoms with Crippen molar-refractivity contribution in [2.24, 2.45) is 11.7 Å². The molecule has 0 aliphatic heterocycles. The molecule has 0 radical (unpaired) electrons. The third-order valence-electron chi connectivity index (χ3n) is 2.89. The zero-order valence-corrected chi connectivity index (χ0v) is 12.0. The van der Waals surface area contributed by atoms with Gasteiger partial charge in [-0.2, -0.15) is 0 Å². The Hall–Kier alpha value is -1.10. The van der Waals surface area contributed by atoms with Crippen LogP contribution in [0.4, 0.5) is 0 Å². The maximum absolute atomic E-state index is 12.1. The van der Waals surface area contributed by atoms with Crippen LogP contribution >= 0.6 is 0 Å². The number of nitrogens with zero attached hydrogens (tertiary/aromatic N) is 1. The molecule has 0 aromatic rings. The Morgan fingerprint density at radius 3 is 2.17 bits per heavy atom. The molecule has 0 fully saturated rings. The topological polar surface area (TPSA) is 75.4 Å². The maximum Gasteiger partial charge on any atom is 0.242 e. The minimum atomic E-state index is -0.294. The molecule has 0 saturated carbocycles. The van der Waals surface area contributed by atoms with Crippen molar-refractivity contribution in [3.8, 4) is 0 Å². The molecule has 18 heavy (non-hydrogen) atoms. The number of carbonyl (C=O) groups excluding carboxylic acids is 2. The highest BCUT2D eigenvalue weighted by Gasteiger charge is 2.21. The van der Waals surface area contributed by atoms with Crippen LogP contribution in [0, 0.1) is 5.92 Å². The Morgan fingerprint density at radius 1 is 1.22 bits per heavy atom. The lowest BCUT2D eigenvalue weighted by molar-refractivity contribution is -0.135. The van der Waals surface area contributed by atoms with Crippen molar-refractivity contribution in [3.63, 3.8) is 0 Å². The summed E-state index contributed by atoms with van der Waals surface area (Å²) in [6.07, 6.45) is 1.86. The monoisotopic (exact) mass is 257 g/mol. The quantitative estimate of drug-likeness (QED) is 0.673. The molecule has 2 amide bonds. The van der Waals surface area contributed by atoms with Gasteiger partial charge in [0.1, 0.15) is 0 Å². The normalized spacial score (nSPS) is 10.8. The Labute approximate surface area is 110 Å². The van der Waals surface area contributed by atoms with Gasteiger partial charge in [-0.3, -0.25) is 9.59 Å². The van der Waals surface area contributed by atoms with E-state index in [1.807, 2.05) is 4.90 Å². The van der Waals surface area contributed by atoms with E-state index in [9.17, 15) is 9.59 Å². The lowest BCUT2D eigenvalue weighted by Gasteiger charge is -2.32. The second kappa shape index (κ2) is 8.91. The van der Waals surface area contributed by atoms with Gasteiger partial charge in [-0.05, 0) is 18.8 Å². The molecule has 0 aliphatic rings. The standard InChI is InChI=1S/C13H27N3O2/c1-5-11(6-2)16(9-10(3)4)13(18)8-15-12(17)7-14/h10-11H,5-9,14H2,1-4H3,(H,15,17). The fourth-order valence-corrected chi connectivity index (χ4v) is 1.93. The van der Waals surface area contributed by atoms with E-state index >= 15 is 0 Å². The van der Waals surface area contributed by atoms with Gasteiger partial charge >= 0.3 is 0 Å². The summed E-state index contributed by atoms with van der Waals surface area (Å²) in [6.45, 7) is 9.01. The average molecular weight is 257 g/mol. The number of nitrogens with one attached hydrogen (secondary N) is 1. The van der Waals surface area contributed by atoms with Gasteiger partial charge in [-0.15, -0.1) is 0 Å². The number of carbonyl (C=O) groups is 2. The SMILES string of the molecule is CCC(CC)N(CC(C)C)C(=O)CNC(=O)CN. The van der Waals surface area contributed by atoms with E-state index in [1.54, 1.807) is 0 Å². The van der Waals surface area contributed by atoms with E-state index in [0.29, 0.717) is 5.92 Å². The van der Waals surface area contributed by atoms with Gasteiger partial charge in [0.15, 0.2) is 0 Å². The van der Waals surface area contributed by atoms with Gasteiger partial charge in [0.25, 0.3) is 0 Å². The molecule has 0 aromatic heterocycles. The zero-order chi connectivity index (χ0) is 14.1. The van der Waals surface area contributed by atoms with Gasteiger partial charge in [-0.25, -0.2) is 0 Å². The third kappa shape index (κ3) is 6.00. The number of rotatable bonds is 8. The molecular weight excluding hydrogens is 230 g/mol. The second-order valence-electron chi connectivity index (χ2n) is 4.89. The first kappa shape index (κ1) is 16.9. The lowest BCUT2D eigenvalue weighted by Crippen LogP contribution is -2.47. The van der Waals surface area contributed by atoms with Crippen molar-refractivity contribution >= 4 is 11.8 Å². The smallest absolute Gasteiger partial charge is 0.242 e. The van der Waals surface area contributed by atoms with E-state index in [2.05, 4.69) is 33.0 Å². The summed E-state index contributed by atoms with van der Waals surface area (Å²) in [4.78, 5) is 25.1. The molecule has 106 valence electrons. The lowest BCUT2D eigenvalue weighted by atomic mass is 10.1. The van der Waals surface area contributed by atoms with Gasteiger partial charge in [0.2, 0.25) is 11.8 Å². The van der Waals surface area contributed by atoms with Gasteiger partial charge < -0.3 is 16.0 Å². The molecule has 0 rings (SSSR count). The van der Waals surface area contributed by atoms with Crippen LogP contribution in [0.1, 0.15) is 40.5 Å². The fourth-order valence-electron chi connectivity index (χ4n) is 1.93. The molecule has 5 heteroatoms. The van der Waals surface area contributed by atoms with Crippen LogP contribution in [-0.4, -0.2) is 42.4 Å². The largest absolute Gasteiger partial charge is 0.346 e. The molecule has 0 unspecified atom stereocenters. The van der Waals surface area contributed by atoms with Crippen LogP contribution in [0.25, 0.3) is 0 Å². The average Bonchev–Trinajstić information content (AvgIpc) is 2.35. The van der Waals surface area contributed by atoms with Crippen LogP contribution in [0.2, 0.25) is 0 Å². The minimum absolute atomic E-state index is 0.0285. The number of hydrogen-bond donors (Lipinski definition) is 2. The number of hydrogen-bond acceptors (Lipinski definition) is 3. The van der Waals surface area contributed by atoms with Gasteiger partial charge in [0.05, 0.1) is 13.1 Å². The first-order valence-electron chi connectivity index (χ1n) is 6.72. The molecule has 0 atom stereocenters. The Bertz CT molecular complexity index is 263. The fraction of sp³-hybridized carbons (Fsp3) is 0.846. The second-order valence-corrected chi connectivity index (χ2v) is 4.89. The van der Waals surface area contributed by atoms with Crippen LogP contribution in [0.15, 0.2) is 0 Å². The highest BCUT2D eigenvalue weighted by Crippen LogP contribution is 2.11. The van der Waals surface area contributed by atoms with Gasteiger partial charge in [0, 0.05) is 12.6 Å². The van der Waals surface area contributed by atoms with Crippen molar-refractivity contribution in [2.45, 2.75) is 46.6 Å². The highest BCUT2D eigenvalue weighted by molar-refractivity contribution is 5.85. The summed E-state index contributed by atoms with van der Waals surface area (Å²) in [5.74, 6) is 0.0938. The van der Waals surface area contributed by atoms with Crippen molar-refractivity contribution in [3.05, 3.63) is 0 Å². The molecule has 0 spiro atoms. The van der Waals surface area contributed by atoms with Crippen LogP contribution in [0.5, 0.6) is 0 Å². The Morgan fingerprint density at radius 2 is 1.78 bits per heavy atom. The summed E-state index contributed by atoms with van der Waals surface area (Å²) < 4.78 is 0. The zero-order valence-electron chi connectivity index (χ0n) is 12.0. The molecule has 5 nitrogen and oxygen atoms in total. The van der Waals surface area contributed by atoms with Crippen LogP contribution in [0.3, 0.4) is 0 Å². The molecule has 3 N–H and O–H groups in total. The highest BCUT2D eigenvalue weighted by atomic mass is 16.2. The van der Waals surface area contributed by atoms with E-state index in [-0.39, 0.29) is 30.9 Å². The minimum Gasteiger partial charge on any atom is -0.346 e. The summed E-state index contributed by atoms with van der Waals surface area (Å²) in [5, 5.41) is 2.53. The van der Waals surface area contributed by atoms with Crippen molar-refractivity contribution in [1.29, 1.82) is 0 Å². The first-order chi connectivity index (χ1) is 8.46. The Balaban J connectivity index is 4.53. The molecule has 0 aliphatic carbocycles. The summed E-state index contributed by atoms with van der Waals surface area (Å²) >= 11 is 0. The van der Waals surface area contributed by atoms with Crippen molar-refractivity contribution < 1.29 is 9.59 Å². The number of amides is 2. The Kier molecular flexibility index (Phi) is 8.37. The summed E-state index contributed by atoms with van der Waals surface area (Å²) in [6, 6.07) is 0.245. The summed E-state index contributed by atoms with van der Waals surface area (Å²) in [7, 11) is 0. The van der Waals surface area contributed by atoms with Crippen molar-refractivity contribution in [2.75, 3.05) is 19.6 Å². The summed E-state index contributed by atoms with van der Waals surface area (Å²) in [5.41, 5.74) is 5.19. The van der Waals surface area contributed by atoms with E-state index in [0.717, 1.165) is 19.4 Å². The van der Waals surface area contributed by atoms with E-state index in [1.165, 1.54) is 0 Å². The molecule has 0 saturated heterocycles. The van der Waals surface area contributed by atoms with E-state index in [4.69, 9.17) is 5.73 Å². The molecular formula is C13H27N3O2. The predicted octanol–water partition coefficient (Wildman–Crippen LogP) is 0.735. The number of nitrogens with two attached hydrogens (primary N) is 1. The molecule has 0 bridgehead atoms. The van der Waals surface area contributed by atoms with Crippen LogP contribution < -0.4 is 11.1 Å². The van der Waals surface area contributed by atoms with Crippen LogP contribution in [-0.2, 0) is 9.59 Å². The predicted molar refractivity (Wildman–Crippen MR) is 73.0 cm³/mol. The maximum atomic E-state index is 12.1. The third-order valence-corrected chi connectivity index (χ3v) is 2.89. The first-order valence-corrected chi connectivity index (χ1v) is 6.72. The van der Waals surface area contributed by atoms with E-state index < -0.39 is 0 Å². The van der Waals surface area contributed by atoms with Crippen molar-refractivity contribution in [1.82, 2.24) is 10.2 Å². The molecule has 0 heterocycles. The van der Waals surface area contributed by atoms with Gasteiger partial charge in [-0.1, -0.05) is 27.7 Å². The molecule has 0 aromatic carbocycles.